The van der Waals surface area contributed by atoms with Gasteiger partial charge in [0.25, 0.3) is 0 Å². The summed E-state index contributed by atoms with van der Waals surface area (Å²) in [5.41, 5.74) is 5.60. The number of hydrogen-bond acceptors (Lipinski definition) is 5. The van der Waals surface area contributed by atoms with Gasteiger partial charge in [0.05, 0.1) is 41.5 Å². The minimum Gasteiger partial charge on any atom is -0.330 e. The summed E-state index contributed by atoms with van der Waals surface area (Å²) in [6, 6.07) is 9.98. The normalized spacial score (nSPS) is 11.4. The molecule has 0 fully saturated rings. The fourth-order valence-electron chi connectivity index (χ4n) is 3.75. The van der Waals surface area contributed by atoms with Crippen LogP contribution < -0.4 is 0 Å². The third-order valence-electron chi connectivity index (χ3n) is 5.52. The minimum absolute atomic E-state index is 0.0549. The molecule has 0 saturated carbocycles. The third-order valence-corrected chi connectivity index (χ3v) is 5.52. The highest BCUT2D eigenvalue weighted by Crippen LogP contribution is 2.31. The van der Waals surface area contributed by atoms with Crippen LogP contribution in [-0.2, 0) is 13.5 Å². The first kappa shape index (κ1) is 19.8. The number of Topliss-reactive ketones (excluding diaryl/α,β-unsaturated/α-hetero) is 1. The lowest BCUT2D eigenvalue weighted by molar-refractivity contribution is 0.0991. The van der Waals surface area contributed by atoms with Crippen molar-refractivity contribution in [3.63, 3.8) is 0 Å². The zero-order valence-electron chi connectivity index (χ0n) is 17.8. The molecular weight excluding hydrogens is 409 g/mol. The Morgan fingerprint density at radius 3 is 2.59 bits per heavy atom. The minimum atomic E-state index is -0.298. The molecule has 0 unspecified atom stereocenters. The van der Waals surface area contributed by atoms with Crippen LogP contribution >= 0.6 is 0 Å². The Bertz CT molecular complexity index is 1460. The molecule has 0 aliphatic heterocycles. The SMILES string of the molecule is Cc1[nH]ncc1C(=O)Cc1cn2nc(-c3c(-c4ccc(F)cc4)nc(C)n3C)ccc2n1. The molecule has 0 aliphatic carbocycles. The molecule has 160 valence electrons. The maximum Gasteiger partial charge on any atom is 0.172 e. The van der Waals surface area contributed by atoms with Crippen LogP contribution in [0.5, 0.6) is 0 Å². The van der Waals surface area contributed by atoms with E-state index < -0.39 is 0 Å². The van der Waals surface area contributed by atoms with Crippen LogP contribution in [0.1, 0.15) is 27.6 Å². The fourth-order valence-corrected chi connectivity index (χ4v) is 3.75. The first-order chi connectivity index (χ1) is 15.4. The van der Waals surface area contributed by atoms with E-state index in [-0.39, 0.29) is 18.0 Å². The molecule has 0 radical (unpaired) electrons. The second kappa shape index (κ2) is 7.52. The number of nitrogens with one attached hydrogen (secondary N) is 1. The van der Waals surface area contributed by atoms with E-state index in [4.69, 9.17) is 5.10 Å². The summed E-state index contributed by atoms with van der Waals surface area (Å²) in [7, 11) is 1.92. The van der Waals surface area contributed by atoms with Crippen molar-refractivity contribution < 1.29 is 9.18 Å². The number of fused-ring (bicyclic) bond motifs is 1. The van der Waals surface area contributed by atoms with Gasteiger partial charge in [-0.3, -0.25) is 9.89 Å². The number of rotatable bonds is 5. The van der Waals surface area contributed by atoms with Crippen LogP contribution in [0.3, 0.4) is 0 Å². The van der Waals surface area contributed by atoms with E-state index in [0.29, 0.717) is 22.6 Å². The van der Waals surface area contributed by atoms with Crippen LogP contribution in [0.15, 0.2) is 48.8 Å². The van der Waals surface area contributed by atoms with Gasteiger partial charge in [0.15, 0.2) is 11.4 Å². The standard InChI is InChI=1S/C23H20FN7O/c1-13-18(11-25-28-13)20(32)10-17-12-31-21(27-17)9-8-19(29-31)23-22(26-14(2)30(23)3)15-4-6-16(24)7-5-15/h4-9,11-12H,10H2,1-3H3,(H,25,28). The molecular formula is C23H20FN7O. The number of carbonyl (C=O) groups excluding carboxylic acids is 1. The molecule has 1 aromatic carbocycles. The topological polar surface area (TPSA) is 93.8 Å². The summed E-state index contributed by atoms with van der Waals surface area (Å²) >= 11 is 0. The molecule has 5 aromatic rings. The van der Waals surface area contributed by atoms with Crippen LogP contribution in [0.2, 0.25) is 0 Å². The zero-order valence-corrected chi connectivity index (χ0v) is 17.8. The van der Waals surface area contributed by atoms with Gasteiger partial charge in [-0.1, -0.05) is 0 Å². The summed E-state index contributed by atoms with van der Waals surface area (Å²) in [6.45, 7) is 3.72. The van der Waals surface area contributed by atoms with E-state index in [2.05, 4.69) is 20.2 Å². The Morgan fingerprint density at radius 2 is 1.88 bits per heavy atom. The van der Waals surface area contributed by atoms with Gasteiger partial charge < -0.3 is 4.57 Å². The van der Waals surface area contributed by atoms with E-state index >= 15 is 0 Å². The first-order valence-electron chi connectivity index (χ1n) is 10.1. The molecule has 4 aromatic heterocycles. The second-order valence-electron chi connectivity index (χ2n) is 7.68. The number of benzene rings is 1. The molecule has 1 N–H and O–H groups in total. The van der Waals surface area contributed by atoms with E-state index in [1.54, 1.807) is 22.8 Å². The lowest BCUT2D eigenvalue weighted by Crippen LogP contribution is -2.04. The molecule has 8 nitrogen and oxygen atoms in total. The van der Waals surface area contributed by atoms with Gasteiger partial charge in [0.2, 0.25) is 0 Å². The highest BCUT2D eigenvalue weighted by Gasteiger charge is 2.19. The number of aryl methyl sites for hydroxylation is 2. The van der Waals surface area contributed by atoms with Crippen LogP contribution in [0.4, 0.5) is 4.39 Å². The quantitative estimate of drug-likeness (QED) is 0.430. The predicted octanol–water partition coefficient (Wildman–Crippen LogP) is 3.70. The number of aromatic amines is 1. The van der Waals surface area contributed by atoms with Crippen molar-refractivity contribution in [2.45, 2.75) is 20.3 Å². The van der Waals surface area contributed by atoms with E-state index in [1.165, 1.54) is 18.3 Å². The van der Waals surface area contributed by atoms with Crippen LogP contribution in [-0.4, -0.2) is 40.1 Å². The molecule has 0 amide bonds. The van der Waals surface area contributed by atoms with Gasteiger partial charge in [-0.2, -0.15) is 10.2 Å². The molecule has 0 bridgehead atoms. The van der Waals surface area contributed by atoms with Crippen molar-refractivity contribution in [1.29, 1.82) is 0 Å². The molecule has 9 heteroatoms. The largest absolute Gasteiger partial charge is 0.330 e. The summed E-state index contributed by atoms with van der Waals surface area (Å²) in [6.07, 6.45) is 3.45. The summed E-state index contributed by atoms with van der Waals surface area (Å²) < 4.78 is 17.0. The van der Waals surface area contributed by atoms with Crippen molar-refractivity contribution in [1.82, 2.24) is 34.3 Å². The molecule has 0 saturated heterocycles. The van der Waals surface area contributed by atoms with Crippen molar-refractivity contribution in [3.05, 3.63) is 77.4 Å². The van der Waals surface area contributed by atoms with E-state index in [1.807, 2.05) is 37.6 Å². The number of nitrogens with zero attached hydrogens (tertiary/aromatic N) is 6. The molecule has 32 heavy (non-hydrogen) atoms. The highest BCUT2D eigenvalue weighted by molar-refractivity contribution is 5.98. The van der Waals surface area contributed by atoms with Gasteiger partial charge in [-0.25, -0.2) is 18.9 Å². The smallest absolute Gasteiger partial charge is 0.172 e. The van der Waals surface area contributed by atoms with Crippen molar-refractivity contribution >= 4 is 11.4 Å². The van der Waals surface area contributed by atoms with Gasteiger partial charge in [0.1, 0.15) is 17.3 Å². The highest BCUT2D eigenvalue weighted by atomic mass is 19.1. The molecule has 0 spiro atoms. The number of ketones is 1. The van der Waals surface area contributed by atoms with Gasteiger partial charge in [-0.15, -0.1) is 0 Å². The van der Waals surface area contributed by atoms with Crippen molar-refractivity contribution in [2.75, 3.05) is 0 Å². The summed E-state index contributed by atoms with van der Waals surface area (Å²) in [5, 5.41) is 11.4. The lowest BCUT2D eigenvalue weighted by Gasteiger charge is -2.07. The fraction of sp³-hybridized carbons (Fsp3) is 0.174. The second-order valence-corrected chi connectivity index (χ2v) is 7.68. The molecule has 0 aliphatic rings. The van der Waals surface area contributed by atoms with Gasteiger partial charge in [0, 0.05) is 18.3 Å². The summed E-state index contributed by atoms with van der Waals surface area (Å²) in [4.78, 5) is 21.8. The Balaban J connectivity index is 1.53. The monoisotopic (exact) mass is 429 g/mol. The third kappa shape index (κ3) is 3.37. The number of carbonyl (C=O) groups is 1. The average Bonchev–Trinajstić information content (AvgIpc) is 3.45. The molecule has 5 rings (SSSR count). The van der Waals surface area contributed by atoms with E-state index in [9.17, 15) is 9.18 Å². The number of imidazole rings is 2. The van der Waals surface area contributed by atoms with Crippen molar-refractivity contribution in [3.8, 4) is 22.6 Å². The van der Waals surface area contributed by atoms with Crippen molar-refractivity contribution in [2.24, 2.45) is 7.05 Å². The number of halogens is 1. The summed E-state index contributed by atoms with van der Waals surface area (Å²) in [5.74, 6) is 0.461. The maximum absolute atomic E-state index is 13.4. The van der Waals surface area contributed by atoms with E-state index in [0.717, 1.165) is 28.5 Å². The zero-order chi connectivity index (χ0) is 22.4. The molecule has 4 heterocycles. The predicted molar refractivity (Wildman–Crippen MR) is 117 cm³/mol. The lowest BCUT2D eigenvalue weighted by atomic mass is 10.1. The van der Waals surface area contributed by atoms with Crippen LogP contribution in [0, 0.1) is 19.7 Å². The number of hydrogen-bond donors (Lipinski definition) is 1. The Labute approximate surface area is 182 Å². The van der Waals surface area contributed by atoms with Crippen LogP contribution in [0.25, 0.3) is 28.3 Å². The first-order valence-corrected chi connectivity index (χ1v) is 10.1. The Morgan fingerprint density at radius 1 is 1.09 bits per heavy atom. The average molecular weight is 429 g/mol. The maximum atomic E-state index is 13.4. The number of aromatic nitrogens is 7. The Kier molecular flexibility index (Phi) is 4.66. The molecule has 0 atom stereocenters. The Hall–Kier alpha value is -4.14. The number of H-pyrrole nitrogens is 1. The van der Waals surface area contributed by atoms with Gasteiger partial charge in [-0.05, 0) is 50.2 Å². The van der Waals surface area contributed by atoms with Gasteiger partial charge >= 0.3 is 0 Å².